The first kappa shape index (κ1) is 12.3. The average molecular weight is 271 g/mol. The van der Waals surface area contributed by atoms with E-state index in [1.165, 1.54) is 0 Å². The Bertz CT molecular complexity index is 520. The van der Waals surface area contributed by atoms with Gasteiger partial charge in [-0.2, -0.15) is 5.10 Å². The first-order valence-electron chi connectivity index (χ1n) is 5.13. The van der Waals surface area contributed by atoms with Crippen molar-refractivity contribution in [1.29, 1.82) is 0 Å². The second-order valence-corrected chi connectivity index (χ2v) is 4.39. The summed E-state index contributed by atoms with van der Waals surface area (Å²) in [7, 11) is 1.83. The van der Waals surface area contributed by atoms with Crippen LogP contribution in [0, 0.1) is 6.92 Å². The molecule has 0 aliphatic carbocycles. The summed E-state index contributed by atoms with van der Waals surface area (Å²) in [5, 5.41) is 4.95. The van der Waals surface area contributed by atoms with Crippen LogP contribution in [-0.4, -0.2) is 9.78 Å². The monoisotopic (exact) mass is 270 g/mol. The molecular formula is C12H12Cl2N2O. The van der Waals surface area contributed by atoms with Crippen molar-refractivity contribution >= 4 is 23.2 Å². The predicted octanol–water partition coefficient (Wildman–Crippen LogP) is 3.91. The minimum atomic E-state index is 0.378. The molecule has 0 aliphatic heterocycles. The van der Waals surface area contributed by atoms with Crippen molar-refractivity contribution in [1.82, 2.24) is 9.78 Å². The third kappa shape index (κ3) is 2.56. The molecule has 2 rings (SSSR count). The lowest BCUT2D eigenvalue weighted by molar-refractivity contribution is 0.427. The third-order valence-corrected chi connectivity index (χ3v) is 2.97. The summed E-state index contributed by atoms with van der Waals surface area (Å²) in [6.45, 7) is 1.91. The van der Waals surface area contributed by atoms with E-state index < -0.39 is 0 Å². The minimum absolute atomic E-state index is 0.378. The molecule has 0 N–H and O–H groups in total. The molecule has 1 aromatic carbocycles. The smallest absolute Gasteiger partial charge is 0.222 e. The number of ether oxygens (including phenoxy) is 1. The predicted molar refractivity (Wildman–Crippen MR) is 69.0 cm³/mol. The normalized spacial score (nSPS) is 10.6. The zero-order valence-corrected chi connectivity index (χ0v) is 11.1. The summed E-state index contributed by atoms with van der Waals surface area (Å²) >= 11 is 11.7. The lowest BCUT2D eigenvalue weighted by atomic mass is 10.3. The maximum absolute atomic E-state index is 5.89. The molecule has 5 heteroatoms. The maximum atomic E-state index is 5.89. The van der Waals surface area contributed by atoms with Crippen molar-refractivity contribution in [2.75, 3.05) is 0 Å². The Morgan fingerprint density at radius 3 is 2.53 bits per heavy atom. The van der Waals surface area contributed by atoms with Gasteiger partial charge >= 0.3 is 0 Å². The van der Waals surface area contributed by atoms with Gasteiger partial charge in [-0.3, -0.25) is 0 Å². The number of rotatable bonds is 3. The number of alkyl halides is 1. The van der Waals surface area contributed by atoms with E-state index in [0.29, 0.717) is 22.5 Å². The standard InChI is InChI=1S/C12H12Cl2N2O/c1-8-11(7-13)12(16(2)15-8)17-10-5-3-9(14)4-6-10/h3-6H,7H2,1-2H3. The van der Waals surface area contributed by atoms with Crippen LogP contribution in [0.25, 0.3) is 0 Å². The number of aromatic nitrogens is 2. The number of benzene rings is 1. The molecule has 0 spiro atoms. The van der Waals surface area contributed by atoms with Gasteiger partial charge in [0.2, 0.25) is 5.88 Å². The molecular weight excluding hydrogens is 259 g/mol. The summed E-state index contributed by atoms with van der Waals surface area (Å²) in [6, 6.07) is 7.17. The SMILES string of the molecule is Cc1nn(C)c(Oc2ccc(Cl)cc2)c1CCl. The van der Waals surface area contributed by atoms with Crippen LogP contribution in [0.4, 0.5) is 0 Å². The van der Waals surface area contributed by atoms with Gasteiger partial charge in [0, 0.05) is 12.1 Å². The van der Waals surface area contributed by atoms with Crippen LogP contribution in [0.5, 0.6) is 11.6 Å². The van der Waals surface area contributed by atoms with Crippen LogP contribution in [-0.2, 0) is 12.9 Å². The molecule has 90 valence electrons. The molecule has 0 unspecified atom stereocenters. The van der Waals surface area contributed by atoms with E-state index in [4.69, 9.17) is 27.9 Å². The van der Waals surface area contributed by atoms with Crippen molar-refractivity contribution in [3.8, 4) is 11.6 Å². The average Bonchev–Trinajstić information content (AvgIpc) is 2.57. The van der Waals surface area contributed by atoms with Gasteiger partial charge < -0.3 is 4.74 Å². The lowest BCUT2D eigenvalue weighted by Crippen LogP contribution is -1.96. The number of aryl methyl sites for hydroxylation is 2. The Morgan fingerprint density at radius 1 is 1.29 bits per heavy atom. The fraction of sp³-hybridized carbons (Fsp3) is 0.250. The van der Waals surface area contributed by atoms with Gasteiger partial charge in [0.05, 0.1) is 17.1 Å². The number of hydrogen-bond donors (Lipinski definition) is 0. The highest BCUT2D eigenvalue weighted by atomic mass is 35.5. The van der Waals surface area contributed by atoms with E-state index >= 15 is 0 Å². The van der Waals surface area contributed by atoms with Gasteiger partial charge in [-0.05, 0) is 31.2 Å². The molecule has 0 radical (unpaired) electrons. The summed E-state index contributed by atoms with van der Waals surface area (Å²) in [5.74, 6) is 1.76. The van der Waals surface area contributed by atoms with Crippen LogP contribution in [0.1, 0.15) is 11.3 Å². The molecule has 0 atom stereocenters. The number of hydrogen-bond acceptors (Lipinski definition) is 2. The first-order valence-corrected chi connectivity index (χ1v) is 6.05. The van der Waals surface area contributed by atoms with Gasteiger partial charge in [-0.25, -0.2) is 4.68 Å². The molecule has 1 aromatic heterocycles. The Hall–Kier alpha value is -1.19. The highest BCUT2D eigenvalue weighted by Crippen LogP contribution is 2.28. The molecule has 0 aliphatic rings. The van der Waals surface area contributed by atoms with E-state index in [1.54, 1.807) is 16.8 Å². The number of nitrogens with zero attached hydrogens (tertiary/aromatic N) is 2. The van der Waals surface area contributed by atoms with E-state index in [0.717, 1.165) is 11.3 Å². The van der Waals surface area contributed by atoms with E-state index in [-0.39, 0.29) is 0 Å². The molecule has 0 fully saturated rings. The molecule has 17 heavy (non-hydrogen) atoms. The molecule has 0 saturated heterocycles. The van der Waals surface area contributed by atoms with Crippen LogP contribution >= 0.6 is 23.2 Å². The fourth-order valence-corrected chi connectivity index (χ4v) is 2.01. The quantitative estimate of drug-likeness (QED) is 0.791. The van der Waals surface area contributed by atoms with Crippen molar-refractivity contribution in [2.24, 2.45) is 7.05 Å². The summed E-state index contributed by atoms with van der Waals surface area (Å²) < 4.78 is 7.45. The summed E-state index contributed by atoms with van der Waals surface area (Å²) in [4.78, 5) is 0. The van der Waals surface area contributed by atoms with Crippen LogP contribution in [0.3, 0.4) is 0 Å². The van der Waals surface area contributed by atoms with Crippen LogP contribution in [0.15, 0.2) is 24.3 Å². The molecule has 1 heterocycles. The topological polar surface area (TPSA) is 27.1 Å². The Labute approximate surface area is 110 Å². The van der Waals surface area contributed by atoms with Gasteiger partial charge in [0.25, 0.3) is 0 Å². The molecule has 0 amide bonds. The summed E-state index contributed by atoms with van der Waals surface area (Å²) in [6.07, 6.45) is 0. The van der Waals surface area contributed by atoms with Crippen LogP contribution in [0.2, 0.25) is 5.02 Å². The molecule has 3 nitrogen and oxygen atoms in total. The fourth-order valence-electron chi connectivity index (χ4n) is 1.58. The van der Waals surface area contributed by atoms with Gasteiger partial charge in [-0.1, -0.05) is 11.6 Å². The Morgan fingerprint density at radius 2 is 1.94 bits per heavy atom. The highest BCUT2D eigenvalue weighted by Gasteiger charge is 2.14. The van der Waals surface area contributed by atoms with Crippen LogP contribution < -0.4 is 4.74 Å². The molecule has 2 aromatic rings. The maximum Gasteiger partial charge on any atom is 0.222 e. The Balaban J connectivity index is 2.32. The van der Waals surface area contributed by atoms with Gasteiger partial charge in [0.1, 0.15) is 5.75 Å². The highest BCUT2D eigenvalue weighted by molar-refractivity contribution is 6.30. The van der Waals surface area contributed by atoms with E-state index in [2.05, 4.69) is 5.10 Å². The zero-order chi connectivity index (χ0) is 12.4. The van der Waals surface area contributed by atoms with Crippen molar-refractivity contribution in [3.63, 3.8) is 0 Å². The third-order valence-electron chi connectivity index (χ3n) is 2.45. The largest absolute Gasteiger partial charge is 0.439 e. The second kappa shape index (κ2) is 4.98. The van der Waals surface area contributed by atoms with E-state index in [1.807, 2.05) is 26.1 Å². The van der Waals surface area contributed by atoms with Gasteiger partial charge in [0.15, 0.2) is 0 Å². The Kier molecular flexibility index (Phi) is 3.60. The molecule has 0 bridgehead atoms. The second-order valence-electron chi connectivity index (χ2n) is 3.68. The summed E-state index contributed by atoms with van der Waals surface area (Å²) in [5.41, 5.74) is 1.79. The number of halogens is 2. The van der Waals surface area contributed by atoms with Crippen molar-refractivity contribution in [3.05, 3.63) is 40.5 Å². The van der Waals surface area contributed by atoms with Gasteiger partial charge in [-0.15, -0.1) is 11.6 Å². The lowest BCUT2D eigenvalue weighted by Gasteiger charge is -2.07. The van der Waals surface area contributed by atoms with Crippen molar-refractivity contribution < 1.29 is 4.74 Å². The van der Waals surface area contributed by atoms with E-state index in [9.17, 15) is 0 Å². The minimum Gasteiger partial charge on any atom is -0.439 e. The van der Waals surface area contributed by atoms with Crippen molar-refractivity contribution in [2.45, 2.75) is 12.8 Å². The zero-order valence-electron chi connectivity index (χ0n) is 9.58. The molecule has 0 saturated carbocycles. The first-order chi connectivity index (χ1) is 8.11.